The van der Waals surface area contributed by atoms with Gasteiger partial charge in [0.2, 0.25) is 5.91 Å². The van der Waals surface area contributed by atoms with Crippen molar-refractivity contribution in [2.45, 2.75) is 25.9 Å². The molecule has 0 aliphatic carbocycles. The first-order chi connectivity index (χ1) is 17.7. The molecular weight excluding hydrogens is 454 g/mol. The van der Waals surface area contributed by atoms with E-state index in [4.69, 9.17) is 4.74 Å². The summed E-state index contributed by atoms with van der Waals surface area (Å²) in [6.45, 7) is 5.70. The molecule has 0 saturated carbocycles. The molecule has 0 radical (unpaired) electrons. The summed E-state index contributed by atoms with van der Waals surface area (Å²) in [7, 11) is 0. The average Bonchev–Trinajstić information content (AvgIpc) is 2.94. The van der Waals surface area contributed by atoms with E-state index >= 15 is 0 Å². The summed E-state index contributed by atoms with van der Waals surface area (Å²) in [5.41, 5.74) is 3.95. The van der Waals surface area contributed by atoms with Gasteiger partial charge in [0.25, 0.3) is 5.56 Å². The van der Waals surface area contributed by atoms with E-state index in [1.807, 2.05) is 30.3 Å². The quantitative estimate of drug-likeness (QED) is 0.552. The molecule has 0 unspecified atom stereocenters. The zero-order valence-electron chi connectivity index (χ0n) is 20.5. The van der Waals surface area contributed by atoms with E-state index < -0.39 is 0 Å². The van der Waals surface area contributed by atoms with Crippen LogP contribution in [-0.2, 0) is 22.6 Å². The maximum atomic E-state index is 12.9. The van der Waals surface area contributed by atoms with Gasteiger partial charge in [0, 0.05) is 44.5 Å². The first kappa shape index (κ1) is 24.1. The van der Waals surface area contributed by atoms with Crippen molar-refractivity contribution >= 4 is 17.3 Å². The van der Waals surface area contributed by atoms with Crippen LogP contribution in [0.3, 0.4) is 0 Å². The van der Waals surface area contributed by atoms with Crippen molar-refractivity contribution < 1.29 is 9.53 Å². The van der Waals surface area contributed by atoms with E-state index in [0.717, 1.165) is 62.5 Å². The van der Waals surface area contributed by atoms with E-state index in [-0.39, 0.29) is 17.4 Å². The molecule has 2 saturated heterocycles. The molecule has 1 amide bonds. The Kier molecular flexibility index (Phi) is 7.61. The van der Waals surface area contributed by atoms with Gasteiger partial charge in [-0.05, 0) is 36.1 Å². The zero-order chi connectivity index (χ0) is 24.7. The van der Waals surface area contributed by atoms with Crippen LogP contribution >= 0.6 is 0 Å². The monoisotopic (exact) mass is 487 g/mol. The number of ether oxygens (including phenoxy) is 1. The van der Waals surface area contributed by atoms with Crippen molar-refractivity contribution in [2.24, 2.45) is 5.92 Å². The molecule has 0 bridgehead atoms. The third-order valence-electron chi connectivity index (χ3n) is 6.97. The van der Waals surface area contributed by atoms with Gasteiger partial charge in [0.15, 0.2) is 0 Å². The molecular formula is C28H33N5O3. The smallest absolute Gasteiger partial charge is 0.269 e. The van der Waals surface area contributed by atoms with Crippen LogP contribution in [0.5, 0.6) is 0 Å². The van der Waals surface area contributed by atoms with Crippen LogP contribution in [0.25, 0.3) is 0 Å². The third kappa shape index (κ3) is 5.94. The third-order valence-corrected chi connectivity index (χ3v) is 6.97. The number of amides is 1. The largest absolute Gasteiger partial charge is 0.378 e. The van der Waals surface area contributed by atoms with Crippen molar-refractivity contribution in [3.8, 4) is 0 Å². The second kappa shape index (κ2) is 11.4. The Labute approximate surface area is 211 Å². The molecule has 3 aromatic rings. The second-order valence-electron chi connectivity index (χ2n) is 9.46. The number of hydrogen-bond donors (Lipinski definition) is 1. The Bertz CT molecular complexity index is 1210. The normalized spacial score (nSPS) is 18.2. The van der Waals surface area contributed by atoms with E-state index in [1.165, 1.54) is 10.4 Å². The number of benzene rings is 2. The van der Waals surface area contributed by atoms with Gasteiger partial charge in [0.05, 0.1) is 37.6 Å². The maximum absolute atomic E-state index is 12.9. The lowest BCUT2D eigenvalue weighted by Crippen LogP contribution is -2.43. The Morgan fingerprint density at radius 3 is 2.47 bits per heavy atom. The van der Waals surface area contributed by atoms with Gasteiger partial charge < -0.3 is 19.9 Å². The highest BCUT2D eigenvalue weighted by Gasteiger charge is 2.26. The second-order valence-corrected chi connectivity index (χ2v) is 9.46. The zero-order valence-corrected chi connectivity index (χ0v) is 20.5. The minimum absolute atomic E-state index is 0.0577. The van der Waals surface area contributed by atoms with Crippen LogP contribution in [0.1, 0.15) is 24.0 Å². The number of nitrogens with one attached hydrogen (secondary N) is 1. The molecule has 2 fully saturated rings. The first-order valence-electron chi connectivity index (χ1n) is 12.7. The molecule has 8 nitrogen and oxygen atoms in total. The lowest BCUT2D eigenvalue weighted by Gasteiger charge is -2.33. The summed E-state index contributed by atoms with van der Waals surface area (Å²) in [5.74, 6) is -0.0551. The van der Waals surface area contributed by atoms with Crippen LogP contribution in [0.15, 0.2) is 71.7 Å². The average molecular weight is 488 g/mol. The fraction of sp³-hybridized carbons (Fsp3) is 0.393. The Hall–Kier alpha value is -3.65. The standard InChI is InChI=1S/C28H33N5O3/c34-27-17-26(19-30-33(27)20-23-5-2-1-3-6-23)32-12-4-7-24(21-32)28(35)29-18-22-8-10-25(11-9-22)31-13-15-36-16-14-31/h1-3,5-6,8-11,17,19,24H,4,7,12-16,18,20-21H2,(H,29,35)/t24-/m1/s1. The van der Waals surface area contributed by atoms with Crippen LogP contribution in [-0.4, -0.2) is 55.1 Å². The molecule has 2 aromatic carbocycles. The fourth-order valence-corrected chi connectivity index (χ4v) is 4.88. The molecule has 5 rings (SSSR count). The van der Waals surface area contributed by atoms with Crippen molar-refractivity contribution in [1.29, 1.82) is 0 Å². The van der Waals surface area contributed by atoms with Gasteiger partial charge in [-0.25, -0.2) is 4.68 Å². The van der Waals surface area contributed by atoms with Gasteiger partial charge in [-0.15, -0.1) is 0 Å². The summed E-state index contributed by atoms with van der Waals surface area (Å²) < 4.78 is 6.89. The van der Waals surface area contributed by atoms with Gasteiger partial charge >= 0.3 is 0 Å². The topological polar surface area (TPSA) is 79.7 Å². The minimum Gasteiger partial charge on any atom is -0.378 e. The highest BCUT2D eigenvalue weighted by Crippen LogP contribution is 2.22. The van der Waals surface area contributed by atoms with Gasteiger partial charge in [-0.2, -0.15) is 5.10 Å². The predicted octanol–water partition coefficient (Wildman–Crippen LogP) is 2.66. The molecule has 2 aliphatic rings. The summed E-state index contributed by atoms with van der Waals surface area (Å²) in [5, 5.41) is 7.49. The number of aromatic nitrogens is 2. The number of piperidine rings is 1. The van der Waals surface area contributed by atoms with Crippen molar-refractivity contribution in [3.63, 3.8) is 0 Å². The van der Waals surface area contributed by atoms with Crippen molar-refractivity contribution in [2.75, 3.05) is 49.2 Å². The van der Waals surface area contributed by atoms with Crippen LogP contribution in [0.4, 0.5) is 11.4 Å². The molecule has 188 valence electrons. The number of anilines is 2. The summed E-state index contributed by atoms with van der Waals surface area (Å²) >= 11 is 0. The van der Waals surface area contributed by atoms with E-state index in [1.54, 1.807) is 12.3 Å². The van der Waals surface area contributed by atoms with Crippen molar-refractivity contribution in [1.82, 2.24) is 15.1 Å². The summed E-state index contributed by atoms with van der Waals surface area (Å²) in [4.78, 5) is 30.0. The molecule has 8 heteroatoms. The Morgan fingerprint density at radius 1 is 0.944 bits per heavy atom. The lowest BCUT2D eigenvalue weighted by molar-refractivity contribution is -0.125. The number of nitrogens with zero attached hydrogens (tertiary/aromatic N) is 4. The predicted molar refractivity (Wildman–Crippen MR) is 140 cm³/mol. The van der Waals surface area contributed by atoms with Crippen molar-refractivity contribution in [3.05, 3.63) is 88.3 Å². The summed E-state index contributed by atoms with van der Waals surface area (Å²) in [6, 6.07) is 19.8. The number of carbonyl (C=O) groups is 1. The Balaban J connectivity index is 1.15. The van der Waals surface area contributed by atoms with Gasteiger partial charge in [-0.3, -0.25) is 9.59 Å². The van der Waals surface area contributed by atoms with Gasteiger partial charge in [-0.1, -0.05) is 42.5 Å². The molecule has 2 aliphatic heterocycles. The number of rotatable bonds is 7. The molecule has 1 aromatic heterocycles. The highest BCUT2D eigenvalue weighted by atomic mass is 16.5. The molecule has 0 spiro atoms. The first-order valence-corrected chi connectivity index (χ1v) is 12.7. The molecule has 3 heterocycles. The summed E-state index contributed by atoms with van der Waals surface area (Å²) in [6.07, 6.45) is 3.48. The molecule has 36 heavy (non-hydrogen) atoms. The van der Waals surface area contributed by atoms with E-state index in [0.29, 0.717) is 19.6 Å². The maximum Gasteiger partial charge on any atom is 0.269 e. The molecule has 1 N–H and O–H groups in total. The van der Waals surface area contributed by atoms with E-state index in [2.05, 4.69) is 44.5 Å². The van der Waals surface area contributed by atoms with Crippen LogP contribution in [0.2, 0.25) is 0 Å². The van der Waals surface area contributed by atoms with Gasteiger partial charge in [0.1, 0.15) is 0 Å². The SMILES string of the molecule is O=C(NCc1ccc(N2CCOCC2)cc1)[C@@H]1CCCN(c2cnn(Cc3ccccc3)c(=O)c2)C1. The number of hydrogen-bond acceptors (Lipinski definition) is 6. The number of morpholine rings is 1. The number of carbonyl (C=O) groups excluding carboxylic acids is 1. The fourth-order valence-electron chi connectivity index (χ4n) is 4.88. The highest BCUT2D eigenvalue weighted by molar-refractivity contribution is 5.79. The minimum atomic E-state index is -0.136. The lowest BCUT2D eigenvalue weighted by atomic mass is 9.96. The Morgan fingerprint density at radius 2 is 1.72 bits per heavy atom. The van der Waals surface area contributed by atoms with Crippen LogP contribution < -0.4 is 20.7 Å². The van der Waals surface area contributed by atoms with Crippen LogP contribution in [0, 0.1) is 5.92 Å². The molecule has 1 atom stereocenters. The van der Waals surface area contributed by atoms with E-state index in [9.17, 15) is 9.59 Å².